The average Bonchev–Trinajstić information content (AvgIpc) is 2.86. The maximum absolute atomic E-state index is 13.3. The quantitative estimate of drug-likeness (QED) is 0.108. The fraction of sp³-hybridized carbons (Fsp3) is 0. The fourth-order valence-electron chi connectivity index (χ4n) is 2.47. The minimum atomic E-state index is -4.78. The summed E-state index contributed by atoms with van der Waals surface area (Å²) in [6.45, 7) is 0. The Hall–Kier alpha value is -3.76. The van der Waals surface area contributed by atoms with Crippen molar-refractivity contribution in [2.24, 2.45) is 0 Å². The summed E-state index contributed by atoms with van der Waals surface area (Å²) in [7, 11) is -4.78. The molecule has 0 spiro atoms. The van der Waals surface area contributed by atoms with Crippen LogP contribution >= 0.6 is 42.6 Å². The van der Waals surface area contributed by atoms with E-state index in [4.69, 9.17) is 48.7 Å². The maximum atomic E-state index is 13.3. The Labute approximate surface area is 226 Å². The topological polar surface area (TPSA) is 210 Å². The van der Waals surface area contributed by atoms with Gasteiger partial charge in [0.2, 0.25) is 0 Å². The molecule has 0 radical (unpaired) electrons. The molecule has 0 unspecified atom stereocenters. The van der Waals surface area contributed by atoms with Crippen LogP contribution in [-0.2, 0) is 18.4 Å². The first kappa shape index (κ1) is 28.8. The molecular weight excluding hydrogens is 598 g/mol. The van der Waals surface area contributed by atoms with E-state index < -0.39 is 22.6 Å². The number of anilines is 3. The third-order valence-corrected chi connectivity index (χ3v) is 6.18. The van der Waals surface area contributed by atoms with Gasteiger partial charge in [-0.1, -0.05) is 34.8 Å². The first-order valence-corrected chi connectivity index (χ1v) is 12.2. The fourth-order valence-corrected chi connectivity index (χ4v) is 3.85. The number of non-ortho nitro benzene ring substituents is 3. The molecule has 0 aromatic heterocycles. The van der Waals surface area contributed by atoms with E-state index in [2.05, 4.69) is 16.4 Å². The highest BCUT2D eigenvalue weighted by Crippen LogP contribution is 2.50. The van der Waals surface area contributed by atoms with Crippen LogP contribution in [0.4, 0.5) is 34.1 Å². The standard InChI is InChI=1S/C18H12Cl3N6O10P/c19-13-7-10(25(28)29)1-4-16(13)22-35-38(34,36-23-17-5-2-11(26(30)31)8-14(17)20)37-24-18-6-3-12(27(32)33)9-15(18)21/h1-9,22-24H. The lowest BCUT2D eigenvalue weighted by Gasteiger charge is -2.19. The summed E-state index contributed by atoms with van der Waals surface area (Å²) in [5.74, 6) is 0. The largest absolute Gasteiger partial charge is 0.539 e. The number of hydrogen-bond donors (Lipinski definition) is 3. The summed E-state index contributed by atoms with van der Waals surface area (Å²) in [6, 6.07) is 9.64. The number of rotatable bonds is 12. The molecule has 0 fully saturated rings. The van der Waals surface area contributed by atoms with Crippen LogP contribution < -0.4 is 16.4 Å². The molecule has 3 N–H and O–H groups in total. The van der Waals surface area contributed by atoms with Crippen LogP contribution in [0, 0.1) is 30.3 Å². The van der Waals surface area contributed by atoms with Crippen LogP contribution in [0.3, 0.4) is 0 Å². The van der Waals surface area contributed by atoms with Crippen LogP contribution in [-0.4, -0.2) is 14.8 Å². The summed E-state index contributed by atoms with van der Waals surface area (Å²) < 4.78 is 28.4. The van der Waals surface area contributed by atoms with E-state index in [1.54, 1.807) is 0 Å². The van der Waals surface area contributed by atoms with E-state index in [0.29, 0.717) is 0 Å². The highest BCUT2D eigenvalue weighted by molar-refractivity contribution is 7.48. The number of nitrogens with one attached hydrogen (secondary N) is 3. The summed E-state index contributed by atoms with van der Waals surface area (Å²) in [5, 5.41) is 32.1. The van der Waals surface area contributed by atoms with Crippen molar-refractivity contribution in [1.29, 1.82) is 0 Å². The molecule has 0 aliphatic heterocycles. The molecule has 0 saturated carbocycles. The smallest absolute Gasteiger partial charge is 0.258 e. The molecule has 0 bridgehead atoms. The van der Waals surface area contributed by atoms with Gasteiger partial charge in [0.15, 0.2) is 0 Å². The van der Waals surface area contributed by atoms with Crippen molar-refractivity contribution < 1.29 is 33.2 Å². The van der Waals surface area contributed by atoms with Crippen molar-refractivity contribution in [1.82, 2.24) is 0 Å². The second-order valence-electron chi connectivity index (χ2n) is 6.79. The number of benzene rings is 3. The van der Waals surface area contributed by atoms with Gasteiger partial charge in [0.05, 0.1) is 46.9 Å². The first-order chi connectivity index (χ1) is 17.9. The monoisotopic (exact) mass is 608 g/mol. The Bertz CT molecular complexity index is 1290. The number of nitrogens with zero attached hydrogens (tertiary/aromatic N) is 3. The predicted octanol–water partition coefficient (Wildman–Crippen LogP) is 6.91. The SMILES string of the molecule is O=[N+]([O-])c1ccc(NOP(=O)(ONc2ccc([N+](=O)[O-])cc2Cl)ONc2ccc([N+](=O)[O-])cc2Cl)c(Cl)c1. The molecule has 3 rings (SSSR count). The van der Waals surface area contributed by atoms with Crippen LogP contribution in [0.25, 0.3) is 0 Å². The zero-order chi connectivity index (χ0) is 28.0. The van der Waals surface area contributed by atoms with E-state index in [9.17, 15) is 34.9 Å². The molecular formula is C18H12Cl3N6O10P. The van der Waals surface area contributed by atoms with Crippen molar-refractivity contribution in [3.8, 4) is 0 Å². The summed E-state index contributed by atoms with van der Waals surface area (Å²) in [6.07, 6.45) is 0. The molecule has 20 heteroatoms. The van der Waals surface area contributed by atoms with Crippen molar-refractivity contribution in [2.45, 2.75) is 0 Å². The molecule has 0 aliphatic carbocycles. The summed E-state index contributed by atoms with van der Waals surface area (Å²) in [5.41, 5.74) is 5.30. The Kier molecular flexibility index (Phi) is 9.24. The lowest BCUT2D eigenvalue weighted by atomic mass is 10.3. The molecule has 0 saturated heterocycles. The average molecular weight is 610 g/mol. The zero-order valence-electron chi connectivity index (χ0n) is 18.2. The first-order valence-electron chi connectivity index (χ1n) is 9.64. The van der Waals surface area contributed by atoms with Crippen molar-refractivity contribution >= 4 is 76.7 Å². The molecule has 3 aromatic rings. The van der Waals surface area contributed by atoms with Crippen molar-refractivity contribution in [3.05, 3.63) is 100 Å². The maximum Gasteiger partial charge on any atom is 0.539 e. The lowest BCUT2D eigenvalue weighted by molar-refractivity contribution is -0.385. The molecule has 16 nitrogen and oxygen atoms in total. The number of nitro groups is 3. The van der Waals surface area contributed by atoms with Crippen molar-refractivity contribution in [3.63, 3.8) is 0 Å². The van der Waals surface area contributed by atoms with Gasteiger partial charge < -0.3 is 0 Å². The van der Waals surface area contributed by atoms with E-state index in [0.717, 1.165) is 54.6 Å². The molecule has 0 amide bonds. The Balaban J connectivity index is 1.81. The minimum absolute atomic E-state index is 0.0774. The van der Waals surface area contributed by atoms with Gasteiger partial charge in [0.1, 0.15) is 0 Å². The Morgan fingerprint density at radius 3 is 1.05 bits per heavy atom. The number of phosphoric acid groups is 1. The number of nitro benzene ring substituents is 3. The summed E-state index contributed by atoms with van der Waals surface area (Å²) >= 11 is 17.9. The molecule has 0 heterocycles. The normalized spacial score (nSPS) is 11.0. The van der Waals surface area contributed by atoms with Gasteiger partial charge in [-0.05, 0) is 18.2 Å². The molecule has 0 aliphatic rings. The van der Waals surface area contributed by atoms with Gasteiger partial charge in [0, 0.05) is 36.4 Å². The van der Waals surface area contributed by atoms with Gasteiger partial charge >= 0.3 is 7.82 Å². The minimum Gasteiger partial charge on any atom is -0.258 e. The highest BCUT2D eigenvalue weighted by Gasteiger charge is 2.31. The van der Waals surface area contributed by atoms with Gasteiger partial charge in [-0.2, -0.15) is 13.9 Å². The van der Waals surface area contributed by atoms with E-state index >= 15 is 0 Å². The number of hydrogen-bond acceptors (Lipinski definition) is 13. The third kappa shape index (κ3) is 7.39. The zero-order valence-corrected chi connectivity index (χ0v) is 21.4. The molecule has 38 heavy (non-hydrogen) atoms. The van der Waals surface area contributed by atoms with E-state index in [1.807, 2.05) is 0 Å². The van der Waals surface area contributed by atoms with Crippen LogP contribution in [0.2, 0.25) is 15.1 Å². The van der Waals surface area contributed by atoms with Crippen LogP contribution in [0.1, 0.15) is 0 Å². The summed E-state index contributed by atoms with van der Waals surface area (Å²) in [4.78, 5) is 30.6. The van der Waals surface area contributed by atoms with E-state index in [1.165, 1.54) is 0 Å². The molecule has 200 valence electrons. The van der Waals surface area contributed by atoms with Gasteiger partial charge in [-0.15, -0.1) is 0 Å². The predicted molar refractivity (Wildman–Crippen MR) is 136 cm³/mol. The molecule has 3 aromatic carbocycles. The van der Waals surface area contributed by atoms with E-state index in [-0.39, 0.29) is 49.2 Å². The van der Waals surface area contributed by atoms with Crippen LogP contribution in [0.5, 0.6) is 0 Å². The lowest BCUT2D eigenvalue weighted by Crippen LogP contribution is -2.12. The number of halogens is 3. The van der Waals surface area contributed by atoms with Gasteiger partial charge in [-0.3, -0.25) is 46.8 Å². The van der Waals surface area contributed by atoms with Crippen molar-refractivity contribution in [2.75, 3.05) is 16.4 Å². The van der Waals surface area contributed by atoms with Gasteiger partial charge in [0.25, 0.3) is 17.1 Å². The Morgan fingerprint density at radius 2 is 0.842 bits per heavy atom. The van der Waals surface area contributed by atoms with Crippen LogP contribution in [0.15, 0.2) is 54.6 Å². The second kappa shape index (κ2) is 12.2. The van der Waals surface area contributed by atoms with Gasteiger partial charge in [-0.25, -0.2) is 4.57 Å². The second-order valence-corrected chi connectivity index (χ2v) is 9.45. The third-order valence-electron chi connectivity index (χ3n) is 4.29. The highest BCUT2D eigenvalue weighted by atomic mass is 35.5. The molecule has 0 atom stereocenters. The Morgan fingerprint density at radius 1 is 0.579 bits per heavy atom.